The third-order valence-corrected chi connectivity index (χ3v) is 5.80. The lowest BCUT2D eigenvalue weighted by atomic mass is 10.1. The normalized spacial score (nSPS) is 15.5. The molecule has 2 amide bonds. The molecule has 1 aliphatic heterocycles. The lowest BCUT2D eigenvalue weighted by Gasteiger charge is -2.36. The van der Waals surface area contributed by atoms with Crippen molar-refractivity contribution >= 4 is 23.2 Å². The van der Waals surface area contributed by atoms with Crippen LogP contribution in [-0.2, 0) is 9.59 Å². The van der Waals surface area contributed by atoms with Crippen molar-refractivity contribution in [1.82, 2.24) is 5.32 Å². The molecule has 2 aromatic carbocycles. The Kier molecular flexibility index (Phi) is 6.95. The molecule has 1 heterocycles. The third-order valence-electron chi connectivity index (χ3n) is 5.80. The quantitative estimate of drug-likeness (QED) is 0.568. The summed E-state index contributed by atoms with van der Waals surface area (Å²) in [6, 6.07) is 12.9. The molecule has 4 N–H and O–H groups in total. The summed E-state index contributed by atoms with van der Waals surface area (Å²) in [6.07, 6.45) is 0. The summed E-state index contributed by atoms with van der Waals surface area (Å²) in [5.74, 6) is -0.0772. The van der Waals surface area contributed by atoms with Crippen LogP contribution >= 0.6 is 0 Å². The van der Waals surface area contributed by atoms with Crippen molar-refractivity contribution in [2.75, 3.05) is 42.9 Å². The molecule has 0 radical (unpaired) electrons. The van der Waals surface area contributed by atoms with Crippen molar-refractivity contribution in [1.29, 1.82) is 0 Å². The number of anilines is 2. The fourth-order valence-electron chi connectivity index (χ4n) is 3.90. The maximum Gasteiger partial charge on any atom is 0.278 e. The summed E-state index contributed by atoms with van der Waals surface area (Å²) in [5, 5.41) is 15.7. The number of hydrogen-bond donors (Lipinski definition) is 4. The molecule has 0 aromatic heterocycles. The van der Waals surface area contributed by atoms with Gasteiger partial charge in [-0.05, 0) is 44.0 Å². The Balaban J connectivity index is 1.47. The average molecular weight is 412 g/mol. The molecule has 1 atom stereocenters. The van der Waals surface area contributed by atoms with E-state index in [2.05, 4.69) is 15.5 Å². The number of nitrogens with zero attached hydrogens (tertiary/aromatic N) is 1. The molecule has 0 bridgehead atoms. The maximum absolute atomic E-state index is 12.6. The Morgan fingerprint density at radius 3 is 2.33 bits per heavy atom. The summed E-state index contributed by atoms with van der Waals surface area (Å²) >= 11 is 0. The molecule has 0 aliphatic carbocycles. The monoisotopic (exact) mass is 411 g/mol. The minimum Gasteiger partial charge on any atom is -0.506 e. The first kappa shape index (κ1) is 21.6. The number of nitrogens with one attached hydrogen (secondary N) is 3. The Morgan fingerprint density at radius 2 is 1.70 bits per heavy atom. The predicted octanol–water partition coefficient (Wildman–Crippen LogP) is 0.857. The summed E-state index contributed by atoms with van der Waals surface area (Å²) in [4.78, 5) is 28.2. The van der Waals surface area contributed by atoms with Crippen molar-refractivity contribution in [2.45, 2.75) is 26.8 Å². The molecule has 1 aliphatic rings. The standard InChI is InChI=1S/C23H30N4O3/c1-16-7-6-8-17(2)22(16)25-21(29)15-24-23(30)18(3)26-11-13-27(14-12-26)19-9-4-5-10-20(19)28/h4-10,18,28H,11-15H2,1-3H3,(H,24,30)(H,25,29)/p+1/t18-/m1/s1. The van der Waals surface area contributed by atoms with E-state index < -0.39 is 0 Å². The zero-order valence-corrected chi connectivity index (χ0v) is 17.9. The molecule has 7 heteroatoms. The van der Waals surface area contributed by atoms with Gasteiger partial charge in [-0.2, -0.15) is 0 Å². The smallest absolute Gasteiger partial charge is 0.278 e. The molecule has 7 nitrogen and oxygen atoms in total. The van der Waals surface area contributed by atoms with Gasteiger partial charge in [0.25, 0.3) is 5.91 Å². The van der Waals surface area contributed by atoms with Crippen LogP contribution in [0.5, 0.6) is 5.75 Å². The van der Waals surface area contributed by atoms with Gasteiger partial charge in [0.1, 0.15) is 5.75 Å². The molecule has 0 saturated carbocycles. The van der Waals surface area contributed by atoms with E-state index in [1.807, 2.05) is 57.2 Å². The van der Waals surface area contributed by atoms with Crippen LogP contribution in [0, 0.1) is 13.8 Å². The van der Waals surface area contributed by atoms with Gasteiger partial charge in [-0.1, -0.05) is 30.3 Å². The van der Waals surface area contributed by atoms with Crippen molar-refractivity contribution in [2.24, 2.45) is 0 Å². The molecule has 1 fully saturated rings. The molecule has 0 spiro atoms. The highest BCUT2D eigenvalue weighted by Crippen LogP contribution is 2.26. The number of hydrogen-bond acceptors (Lipinski definition) is 4. The Hall–Kier alpha value is -3.06. The average Bonchev–Trinajstić information content (AvgIpc) is 2.75. The van der Waals surface area contributed by atoms with Gasteiger partial charge in [0, 0.05) is 5.69 Å². The Bertz CT molecular complexity index is 887. The van der Waals surface area contributed by atoms with E-state index in [0.717, 1.165) is 48.7 Å². The Labute approximate surface area is 177 Å². The van der Waals surface area contributed by atoms with Crippen LogP contribution < -0.4 is 20.4 Å². The zero-order valence-electron chi connectivity index (χ0n) is 17.9. The number of carbonyl (C=O) groups excluding carboxylic acids is 2. The van der Waals surface area contributed by atoms with Gasteiger partial charge in [0.2, 0.25) is 5.91 Å². The van der Waals surface area contributed by atoms with Crippen LogP contribution in [0.4, 0.5) is 11.4 Å². The number of carbonyl (C=O) groups is 2. The van der Waals surface area contributed by atoms with Crippen LogP contribution in [0.1, 0.15) is 18.1 Å². The first-order chi connectivity index (χ1) is 14.4. The van der Waals surface area contributed by atoms with E-state index in [0.29, 0.717) is 0 Å². The van der Waals surface area contributed by atoms with Crippen LogP contribution in [0.15, 0.2) is 42.5 Å². The van der Waals surface area contributed by atoms with Crippen molar-refractivity contribution in [3.05, 3.63) is 53.6 Å². The fourth-order valence-corrected chi connectivity index (χ4v) is 3.90. The molecule has 1 saturated heterocycles. The second kappa shape index (κ2) is 9.63. The highest BCUT2D eigenvalue weighted by molar-refractivity contribution is 5.96. The number of benzene rings is 2. The van der Waals surface area contributed by atoms with E-state index in [9.17, 15) is 14.7 Å². The number of para-hydroxylation sites is 3. The van der Waals surface area contributed by atoms with E-state index >= 15 is 0 Å². The number of piperazine rings is 1. The van der Waals surface area contributed by atoms with Gasteiger partial charge in [-0.3, -0.25) is 9.59 Å². The van der Waals surface area contributed by atoms with Crippen LogP contribution in [0.25, 0.3) is 0 Å². The van der Waals surface area contributed by atoms with Gasteiger partial charge >= 0.3 is 0 Å². The van der Waals surface area contributed by atoms with Gasteiger partial charge in [-0.25, -0.2) is 0 Å². The fraction of sp³-hybridized carbons (Fsp3) is 0.391. The minimum atomic E-state index is -0.246. The largest absolute Gasteiger partial charge is 0.506 e. The molecule has 0 unspecified atom stereocenters. The molecule has 160 valence electrons. The minimum absolute atomic E-state index is 0.0474. The van der Waals surface area contributed by atoms with Crippen LogP contribution in [-0.4, -0.2) is 55.7 Å². The topological polar surface area (TPSA) is 86.1 Å². The molecular weight excluding hydrogens is 380 g/mol. The lowest BCUT2D eigenvalue weighted by molar-refractivity contribution is -0.914. The number of aromatic hydroxyl groups is 1. The van der Waals surface area contributed by atoms with Crippen molar-refractivity contribution < 1.29 is 19.6 Å². The summed E-state index contributed by atoms with van der Waals surface area (Å²) in [6.45, 7) is 8.84. The number of amides is 2. The number of quaternary nitrogens is 1. The highest BCUT2D eigenvalue weighted by atomic mass is 16.3. The first-order valence-electron chi connectivity index (χ1n) is 10.4. The van der Waals surface area contributed by atoms with E-state index in [-0.39, 0.29) is 30.2 Å². The van der Waals surface area contributed by atoms with Crippen LogP contribution in [0.3, 0.4) is 0 Å². The molecular formula is C23H31N4O3+. The van der Waals surface area contributed by atoms with E-state index in [4.69, 9.17) is 0 Å². The summed E-state index contributed by atoms with van der Waals surface area (Å²) < 4.78 is 0. The molecule has 3 rings (SSSR count). The second-order valence-corrected chi connectivity index (χ2v) is 7.89. The van der Waals surface area contributed by atoms with Crippen molar-refractivity contribution in [3.63, 3.8) is 0 Å². The zero-order chi connectivity index (χ0) is 21.7. The van der Waals surface area contributed by atoms with E-state index in [1.165, 1.54) is 4.90 Å². The lowest BCUT2D eigenvalue weighted by Crippen LogP contribution is -3.19. The third kappa shape index (κ3) is 5.10. The maximum atomic E-state index is 12.6. The van der Waals surface area contributed by atoms with Gasteiger partial charge in [0.05, 0.1) is 38.4 Å². The first-order valence-corrected chi connectivity index (χ1v) is 10.4. The molecule has 30 heavy (non-hydrogen) atoms. The predicted molar refractivity (Wildman–Crippen MR) is 118 cm³/mol. The number of rotatable bonds is 6. The highest BCUT2D eigenvalue weighted by Gasteiger charge is 2.30. The second-order valence-electron chi connectivity index (χ2n) is 7.89. The SMILES string of the molecule is Cc1cccc(C)c1NC(=O)CNC(=O)[C@@H](C)[NH+]1CCN(c2ccccc2O)CC1. The summed E-state index contributed by atoms with van der Waals surface area (Å²) in [5.41, 5.74) is 3.62. The van der Waals surface area contributed by atoms with Crippen LogP contribution in [0.2, 0.25) is 0 Å². The van der Waals surface area contributed by atoms with Gasteiger partial charge in [0.15, 0.2) is 6.04 Å². The van der Waals surface area contributed by atoms with Gasteiger partial charge in [-0.15, -0.1) is 0 Å². The number of phenolic OH excluding ortho intramolecular Hbond substituents is 1. The number of phenols is 1. The molecule has 2 aromatic rings. The van der Waals surface area contributed by atoms with E-state index in [1.54, 1.807) is 6.07 Å². The van der Waals surface area contributed by atoms with Crippen molar-refractivity contribution in [3.8, 4) is 5.75 Å². The Morgan fingerprint density at radius 1 is 1.07 bits per heavy atom. The van der Waals surface area contributed by atoms with Gasteiger partial charge < -0.3 is 25.5 Å². The summed E-state index contributed by atoms with van der Waals surface area (Å²) in [7, 11) is 0. The number of aryl methyl sites for hydroxylation is 2.